The van der Waals surface area contributed by atoms with Crippen LogP contribution in [0.25, 0.3) is 6.08 Å². The van der Waals surface area contributed by atoms with Gasteiger partial charge in [-0.3, -0.25) is 14.9 Å². The average Bonchev–Trinajstić information content (AvgIpc) is 3.18. The Morgan fingerprint density at radius 3 is 2.52 bits per heavy atom. The zero-order chi connectivity index (χ0) is 22.0. The van der Waals surface area contributed by atoms with Crippen LogP contribution < -0.4 is 15.0 Å². The van der Waals surface area contributed by atoms with E-state index >= 15 is 0 Å². The van der Waals surface area contributed by atoms with Crippen molar-refractivity contribution in [3.8, 4) is 5.75 Å². The summed E-state index contributed by atoms with van der Waals surface area (Å²) in [4.78, 5) is 38.8. The molecule has 4 rings (SSSR count). The van der Waals surface area contributed by atoms with Crippen LogP contribution in [0.1, 0.15) is 11.3 Å². The summed E-state index contributed by atoms with van der Waals surface area (Å²) in [7, 11) is 1.46. The number of hydrogen-bond acceptors (Lipinski definition) is 4. The highest BCUT2D eigenvalue weighted by Gasteiger charge is 2.37. The SMILES string of the molecule is COc1ccc(N2C(=O)NC(=O)C(=Cc3cccn3Cc3ccccc3)C2=O)cc1Cl. The zero-order valence-electron chi connectivity index (χ0n) is 16.5. The molecule has 0 spiro atoms. The van der Waals surface area contributed by atoms with Crippen molar-refractivity contribution < 1.29 is 19.1 Å². The number of nitrogens with one attached hydrogen (secondary N) is 1. The van der Waals surface area contributed by atoms with Crippen molar-refractivity contribution in [3.63, 3.8) is 0 Å². The van der Waals surface area contributed by atoms with Crippen molar-refractivity contribution in [1.82, 2.24) is 9.88 Å². The number of urea groups is 1. The van der Waals surface area contributed by atoms with Crippen LogP contribution in [-0.4, -0.2) is 29.5 Å². The highest BCUT2D eigenvalue weighted by atomic mass is 35.5. The number of rotatable bonds is 5. The third-order valence-corrected chi connectivity index (χ3v) is 5.14. The van der Waals surface area contributed by atoms with E-state index in [4.69, 9.17) is 16.3 Å². The molecule has 156 valence electrons. The fourth-order valence-electron chi connectivity index (χ4n) is 3.32. The predicted octanol–water partition coefficient (Wildman–Crippen LogP) is 3.86. The lowest BCUT2D eigenvalue weighted by atomic mass is 10.1. The molecule has 4 amide bonds. The van der Waals surface area contributed by atoms with Crippen molar-refractivity contribution in [1.29, 1.82) is 0 Å². The molecule has 1 aliphatic rings. The quantitative estimate of drug-likeness (QED) is 0.487. The Hall–Kier alpha value is -3.84. The second-order valence-corrected chi connectivity index (χ2v) is 7.23. The summed E-state index contributed by atoms with van der Waals surface area (Å²) in [6.07, 6.45) is 3.34. The summed E-state index contributed by atoms with van der Waals surface area (Å²) < 4.78 is 7.02. The van der Waals surface area contributed by atoms with Gasteiger partial charge in [-0.05, 0) is 42.0 Å². The second kappa shape index (κ2) is 8.49. The molecule has 31 heavy (non-hydrogen) atoms. The van der Waals surface area contributed by atoms with E-state index in [0.717, 1.165) is 10.5 Å². The van der Waals surface area contributed by atoms with E-state index in [1.807, 2.05) is 47.2 Å². The van der Waals surface area contributed by atoms with E-state index in [2.05, 4.69) is 5.32 Å². The van der Waals surface area contributed by atoms with Gasteiger partial charge in [0, 0.05) is 18.4 Å². The normalized spacial score (nSPS) is 15.4. The number of halogens is 1. The Morgan fingerprint density at radius 2 is 1.81 bits per heavy atom. The van der Waals surface area contributed by atoms with Crippen LogP contribution in [0, 0.1) is 0 Å². The van der Waals surface area contributed by atoms with Crippen LogP contribution >= 0.6 is 11.6 Å². The number of carbonyl (C=O) groups excluding carboxylic acids is 3. The molecule has 0 bridgehead atoms. The molecule has 0 atom stereocenters. The molecule has 1 aliphatic heterocycles. The van der Waals surface area contributed by atoms with Gasteiger partial charge in [0.1, 0.15) is 11.3 Å². The average molecular weight is 436 g/mol. The Bertz CT molecular complexity index is 1200. The predicted molar refractivity (Wildman–Crippen MR) is 117 cm³/mol. The number of methoxy groups -OCH3 is 1. The van der Waals surface area contributed by atoms with Crippen LogP contribution in [0.15, 0.2) is 72.4 Å². The first kappa shape index (κ1) is 20.4. The van der Waals surface area contributed by atoms with Crippen molar-refractivity contribution in [2.24, 2.45) is 0 Å². The van der Waals surface area contributed by atoms with Crippen LogP contribution in [0.2, 0.25) is 5.02 Å². The third-order valence-electron chi connectivity index (χ3n) is 4.85. The maximum Gasteiger partial charge on any atom is 0.335 e. The van der Waals surface area contributed by atoms with E-state index < -0.39 is 17.8 Å². The van der Waals surface area contributed by atoms with Gasteiger partial charge in [0.2, 0.25) is 0 Å². The molecule has 0 saturated carbocycles. The number of imide groups is 2. The molecule has 3 aromatic rings. The Morgan fingerprint density at radius 1 is 1.03 bits per heavy atom. The number of anilines is 1. The minimum absolute atomic E-state index is 0.153. The van der Waals surface area contributed by atoms with Gasteiger partial charge >= 0.3 is 6.03 Å². The van der Waals surface area contributed by atoms with Gasteiger partial charge < -0.3 is 9.30 Å². The molecule has 2 heterocycles. The molecular weight excluding hydrogens is 418 g/mol. The molecule has 0 radical (unpaired) electrons. The molecule has 1 fully saturated rings. The molecular formula is C23H18ClN3O4. The lowest BCUT2D eigenvalue weighted by Gasteiger charge is -2.26. The summed E-state index contributed by atoms with van der Waals surface area (Å²) in [6, 6.07) is 17.1. The minimum Gasteiger partial charge on any atom is -0.495 e. The molecule has 7 nitrogen and oxygen atoms in total. The summed E-state index contributed by atoms with van der Waals surface area (Å²) >= 11 is 6.14. The standard InChI is InChI=1S/C23H18ClN3O4/c1-31-20-10-9-17(13-19(20)24)27-22(29)18(21(28)25-23(27)30)12-16-8-5-11-26(16)14-15-6-3-2-4-7-15/h2-13H,14H2,1H3,(H,25,28,30). The fraction of sp³-hybridized carbons (Fsp3) is 0.0870. The van der Waals surface area contributed by atoms with E-state index in [0.29, 0.717) is 18.0 Å². The highest BCUT2D eigenvalue weighted by Crippen LogP contribution is 2.31. The fourth-order valence-corrected chi connectivity index (χ4v) is 3.57. The molecule has 1 N–H and O–H groups in total. The number of carbonyl (C=O) groups is 3. The van der Waals surface area contributed by atoms with E-state index in [1.54, 1.807) is 12.1 Å². The van der Waals surface area contributed by atoms with Crippen molar-refractivity contribution >= 4 is 41.2 Å². The smallest absolute Gasteiger partial charge is 0.335 e. The lowest BCUT2D eigenvalue weighted by molar-refractivity contribution is -0.122. The van der Waals surface area contributed by atoms with Gasteiger partial charge in [0.15, 0.2) is 0 Å². The zero-order valence-corrected chi connectivity index (χ0v) is 17.3. The molecule has 8 heteroatoms. The van der Waals surface area contributed by atoms with Crippen molar-refractivity contribution in [2.75, 3.05) is 12.0 Å². The van der Waals surface area contributed by atoms with Crippen LogP contribution in [0.3, 0.4) is 0 Å². The van der Waals surface area contributed by atoms with Gasteiger partial charge in [-0.15, -0.1) is 0 Å². The van der Waals surface area contributed by atoms with Crippen LogP contribution in [0.4, 0.5) is 10.5 Å². The van der Waals surface area contributed by atoms with Gasteiger partial charge in [0.25, 0.3) is 11.8 Å². The molecule has 1 aromatic heterocycles. The van der Waals surface area contributed by atoms with Crippen LogP contribution in [-0.2, 0) is 16.1 Å². The van der Waals surface area contributed by atoms with Gasteiger partial charge in [-0.2, -0.15) is 0 Å². The highest BCUT2D eigenvalue weighted by molar-refractivity contribution is 6.39. The third kappa shape index (κ3) is 4.08. The van der Waals surface area contributed by atoms with Crippen molar-refractivity contribution in [2.45, 2.75) is 6.54 Å². The van der Waals surface area contributed by atoms with Gasteiger partial charge in [-0.1, -0.05) is 41.9 Å². The minimum atomic E-state index is -0.840. The number of ether oxygens (including phenoxy) is 1. The lowest BCUT2D eigenvalue weighted by Crippen LogP contribution is -2.54. The summed E-state index contributed by atoms with van der Waals surface area (Å²) in [5.74, 6) is -1.08. The largest absolute Gasteiger partial charge is 0.495 e. The second-order valence-electron chi connectivity index (χ2n) is 6.82. The summed E-state index contributed by atoms with van der Waals surface area (Å²) in [6.45, 7) is 0.569. The number of aromatic nitrogens is 1. The Balaban J connectivity index is 1.67. The number of benzene rings is 2. The maximum absolute atomic E-state index is 13.1. The maximum atomic E-state index is 13.1. The first-order valence-corrected chi connectivity index (χ1v) is 9.80. The van der Waals surface area contributed by atoms with E-state index in [9.17, 15) is 14.4 Å². The number of nitrogens with zero attached hydrogens (tertiary/aromatic N) is 2. The monoisotopic (exact) mass is 435 g/mol. The Labute approximate surface area is 183 Å². The van der Waals surface area contributed by atoms with Gasteiger partial charge in [0.05, 0.1) is 17.8 Å². The molecule has 2 aromatic carbocycles. The molecule has 0 unspecified atom stereocenters. The molecule has 1 saturated heterocycles. The first-order valence-electron chi connectivity index (χ1n) is 9.42. The van der Waals surface area contributed by atoms with E-state index in [-0.39, 0.29) is 16.3 Å². The van der Waals surface area contributed by atoms with Gasteiger partial charge in [-0.25, -0.2) is 9.69 Å². The number of hydrogen-bond donors (Lipinski definition) is 1. The summed E-state index contributed by atoms with van der Waals surface area (Å²) in [5.41, 5.74) is 1.80. The Kier molecular flexibility index (Phi) is 5.60. The molecule has 0 aliphatic carbocycles. The van der Waals surface area contributed by atoms with Crippen molar-refractivity contribution in [3.05, 3.63) is 88.7 Å². The topological polar surface area (TPSA) is 80.6 Å². The number of amides is 4. The summed E-state index contributed by atoms with van der Waals surface area (Å²) in [5, 5.41) is 2.45. The number of barbiturate groups is 1. The van der Waals surface area contributed by atoms with Crippen LogP contribution in [0.5, 0.6) is 5.75 Å². The van der Waals surface area contributed by atoms with E-state index in [1.165, 1.54) is 25.3 Å². The first-order chi connectivity index (χ1) is 15.0.